The molecule has 0 radical (unpaired) electrons. The SMILES string of the molecule is S=C(Nc1ccc(Cl)cc1)Oc1ccccc1. The zero-order valence-electron chi connectivity index (χ0n) is 8.89. The molecule has 2 nitrogen and oxygen atoms in total. The third-order valence-corrected chi connectivity index (χ3v) is 2.48. The van der Waals surface area contributed by atoms with E-state index in [0.717, 1.165) is 5.69 Å². The van der Waals surface area contributed by atoms with Gasteiger partial charge in [-0.25, -0.2) is 0 Å². The maximum absolute atomic E-state index is 5.79. The minimum absolute atomic E-state index is 0.304. The molecule has 0 aromatic heterocycles. The Morgan fingerprint density at radius 3 is 2.29 bits per heavy atom. The quantitative estimate of drug-likeness (QED) is 0.824. The van der Waals surface area contributed by atoms with E-state index in [1.807, 2.05) is 42.5 Å². The van der Waals surface area contributed by atoms with E-state index >= 15 is 0 Å². The van der Waals surface area contributed by atoms with Crippen molar-refractivity contribution in [2.24, 2.45) is 0 Å². The van der Waals surface area contributed by atoms with E-state index in [4.69, 9.17) is 28.6 Å². The summed E-state index contributed by atoms with van der Waals surface area (Å²) < 4.78 is 5.44. The number of ether oxygens (including phenoxy) is 1. The fourth-order valence-electron chi connectivity index (χ4n) is 1.27. The Balaban J connectivity index is 1.96. The number of benzene rings is 2. The van der Waals surface area contributed by atoms with E-state index in [-0.39, 0.29) is 0 Å². The van der Waals surface area contributed by atoms with Crippen LogP contribution >= 0.6 is 23.8 Å². The molecule has 0 saturated carbocycles. The highest BCUT2D eigenvalue weighted by molar-refractivity contribution is 7.80. The number of nitrogens with one attached hydrogen (secondary N) is 1. The van der Waals surface area contributed by atoms with Crippen molar-refractivity contribution < 1.29 is 4.74 Å². The lowest BCUT2D eigenvalue weighted by Crippen LogP contribution is -2.16. The van der Waals surface area contributed by atoms with Crippen LogP contribution in [0.2, 0.25) is 5.02 Å². The van der Waals surface area contributed by atoms with Gasteiger partial charge in [0.2, 0.25) is 0 Å². The van der Waals surface area contributed by atoms with Crippen LogP contribution in [0.25, 0.3) is 0 Å². The molecule has 0 atom stereocenters. The van der Waals surface area contributed by atoms with Crippen LogP contribution in [0.5, 0.6) is 5.75 Å². The average molecular weight is 264 g/mol. The van der Waals surface area contributed by atoms with Crippen molar-refractivity contribution in [3.8, 4) is 5.75 Å². The Labute approximate surface area is 110 Å². The molecule has 0 saturated heterocycles. The Morgan fingerprint density at radius 1 is 1.00 bits per heavy atom. The van der Waals surface area contributed by atoms with Gasteiger partial charge >= 0.3 is 0 Å². The molecule has 0 fully saturated rings. The second-order valence-corrected chi connectivity index (χ2v) is 4.14. The molecule has 2 aromatic rings. The van der Waals surface area contributed by atoms with Crippen LogP contribution in [0.4, 0.5) is 5.69 Å². The van der Waals surface area contributed by atoms with Crippen molar-refractivity contribution in [3.05, 3.63) is 59.6 Å². The summed E-state index contributed by atoms with van der Waals surface area (Å²) in [7, 11) is 0. The number of hydrogen-bond acceptors (Lipinski definition) is 2. The highest BCUT2D eigenvalue weighted by atomic mass is 35.5. The molecule has 1 N–H and O–H groups in total. The third-order valence-electron chi connectivity index (χ3n) is 2.04. The molecule has 0 spiro atoms. The van der Waals surface area contributed by atoms with Crippen molar-refractivity contribution >= 4 is 34.7 Å². The summed E-state index contributed by atoms with van der Waals surface area (Å²) in [6, 6.07) is 16.6. The first kappa shape index (κ1) is 11.9. The van der Waals surface area contributed by atoms with Crippen LogP contribution in [-0.2, 0) is 0 Å². The molecule has 0 unspecified atom stereocenters. The third kappa shape index (κ3) is 3.73. The van der Waals surface area contributed by atoms with E-state index in [9.17, 15) is 0 Å². The van der Waals surface area contributed by atoms with E-state index < -0.39 is 0 Å². The standard InChI is InChI=1S/C13H10ClNOS/c14-10-6-8-11(9-7-10)15-13(17)16-12-4-2-1-3-5-12/h1-9H,(H,15,17). The first-order valence-corrected chi connectivity index (χ1v) is 5.82. The van der Waals surface area contributed by atoms with Gasteiger partial charge in [-0.05, 0) is 48.6 Å². The van der Waals surface area contributed by atoms with Gasteiger partial charge < -0.3 is 10.1 Å². The number of thiocarbonyl (C=S) groups is 1. The van der Waals surface area contributed by atoms with Gasteiger partial charge in [0.15, 0.2) is 0 Å². The van der Waals surface area contributed by atoms with Crippen LogP contribution in [0.3, 0.4) is 0 Å². The summed E-state index contributed by atoms with van der Waals surface area (Å²) in [4.78, 5) is 0. The van der Waals surface area contributed by atoms with Crippen molar-refractivity contribution in [2.75, 3.05) is 5.32 Å². The summed E-state index contributed by atoms with van der Waals surface area (Å²) >= 11 is 10.9. The normalized spacial score (nSPS) is 9.71. The van der Waals surface area contributed by atoms with Gasteiger partial charge in [0, 0.05) is 10.7 Å². The molecular weight excluding hydrogens is 254 g/mol. The van der Waals surface area contributed by atoms with Crippen LogP contribution < -0.4 is 10.1 Å². The van der Waals surface area contributed by atoms with Crippen LogP contribution in [-0.4, -0.2) is 5.17 Å². The average Bonchev–Trinajstić information content (AvgIpc) is 2.33. The fourth-order valence-corrected chi connectivity index (χ4v) is 1.61. The van der Waals surface area contributed by atoms with Gasteiger partial charge in [-0.3, -0.25) is 0 Å². The largest absolute Gasteiger partial charge is 0.432 e. The van der Waals surface area contributed by atoms with E-state index in [1.165, 1.54) is 0 Å². The summed E-state index contributed by atoms with van der Waals surface area (Å²) in [6.45, 7) is 0. The first-order valence-electron chi connectivity index (χ1n) is 5.03. The molecule has 0 aliphatic carbocycles. The van der Waals surface area contributed by atoms with Crippen molar-refractivity contribution in [1.82, 2.24) is 0 Å². The van der Waals surface area contributed by atoms with Crippen LogP contribution in [0, 0.1) is 0 Å². The lowest BCUT2D eigenvalue weighted by Gasteiger charge is -2.09. The highest BCUT2D eigenvalue weighted by Gasteiger charge is 2.00. The summed E-state index contributed by atoms with van der Waals surface area (Å²) in [6.07, 6.45) is 0. The second kappa shape index (κ2) is 5.66. The van der Waals surface area contributed by atoms with Gasteiger partial charge in [-0.2, -0.15) is 0 Å². The molecule has 86 valence electrons. The first-order chi connectivity index (χ1) is 8.24. The van der Waals surface area contributed by atoms with Crippen molar-refractivity contribution in [1.29, 1.82) is 0 Å². The molecule has 17 heavy (non-hydrogen) atoms. The smallest absolute Gasteiger partial charge is 0.266 e. The fraction of sp³-hybridized carbons (Fsp3) is 0. The van der Waals surface area contributed by atoms with E-state index in [0.29, 0.717) is 15.9 Å². The van der Waals surface area contributed by atoms with Gasteiger partial charge in [0.1, 0.15) is 5.75 Å². The maximum Gasteiger partial charge on any atom is 0.266 e. The lowest BCUT2D eigenvalue weighted by molar-refractivity contribution is 0.563. The molecular formula is C13H10ClNOS. The summed E-state index contributed by atoms with van der Waals surface area (Å²) in [5.41, 5.74) is 0.843. The monoisotopic (exact) mass is 263 g/mol. The number of rotatable bonds is 2. The van der Waals surface area contributed by atoms with Crippen LogP contribution in [0.1, 0.15) is 0 Å². The maximum atomic E-state index is 5.79. The minimum atomic E-state index is 0.304. The van der Waals surface area contributed by atoms with E-state index in [1.54, 1.807) is 12.1 Å². The Bertz CT molecular complexity index is 499. The van der Waals surface area contributed by atoms with Gasteiger partial charge in [-0.1, -0.05) is 29.8 Å². The summed E-state index contributed by atoms with van der Waals surface area (Å²) in [5.74, 6) is 0.707. The number of anilines is 1. The Hall–Kier alpha value is -1.58. The zero-order chi connectivity index (χ0) is 12.1. The number of para-hydroxylation sites is 1. The predicted molar refractivity (Wildman–Crippen MR) is 74.7 cm³/mol. The molecule has 2 rings (SSSR count). The zero-order valence-corrected chi connectivity index (χ0v) is 10.5. The van der Waals surface area contributed by atoms with Crippen LogP contribution in [0.15, 0.2) is 54.6 Å². The summed E-state index contributed by atoms with van der Waals surface area (Å²) in [5, 5.41) is 3.96. The predicted octanol–water partition coefficient (Wildman–Crippen LogP) is 4.12. The minimum Gasteiger partial charge on any atom is -0.432 e. The van der Waals surface area contributed by atoms with Crippen molar-refractivity contribution in [2.45, 2.75) is 0 Å². The van der Waals surface area contributed by atoms with Gasteiger partial charge in [-0.15, -0.1) is 0 Å². The molecule has 0 heterocycles. The highest BCUT2D eigenvalue weighted by Crippen LogP contribution is 2.14. The Morgan fingerprint density at radius 2 is 1.65 bits per heavy atom. The molecule has 0 aliphatic rings. The second-order valence-electron chi connectivity index (χ2n) is 3.33. The van der Waals surface area contributed by atoms with E-state index in [2.05, 4.69) is 5.32 Å². The number of hydrogen-bond donors (Lipinski definition) is 1. The lowest BCUT2D eigenvalue weighted by atomic mass is 10.3. The topological polar surface area (TPSA) is 21.3 Å². The molecule has 4 heteroatoms. The molecule has 0 amide bonds. The molecule has 0 aliphatic heterocycles. The molecule has 0 bridgehead atoms. The Kier molecular flexibility index (Phi) is 3.96. The van der Waals surface area contributed by atoms with Crippen molar-refractivity contribution in [3.63, 3.8) is 0 Å². The molecule has 2 aromatic carbocycles. The number of halogens is 1. The van der Waals surface area contributed by atoms with Gasteiger partial charge in [0.25, 0.3) is 5.17 Å². The van der Waals surface area contributed by atoms with Gasteiger partial charge in [0.05, 0.1) is 0 Å².